The second kappa shape index (κ2) is 12.4. The minimum atomic E-state index is -0.767. The van der Waals surface area contributed by atoms with Gasteiger partial charge in [0.2, 0.25) is 0 Å². The lowest BCUT2D eigenvalue weighted by Gasteiger charge is -2.27. The van der Waals surface area contributed by atoms with E-state index in [1.807, 2.05) is 64.0 Å². The average Bonchev–Trinajstić information content (AvgIpc) is 3.11. The summed E-state index contributed by atoms with van der Waals surface area (Å²) < 4.78 is 17.1. The zero-order chi connectivity index (χ0) is 26.2. The first-order valence-electron chi connectivity index (χ1n) is 12.4. The topological polar surface area (TPSA) is 88.5 Å². The van der Waals surface area contributed by atoms with E-state index < -0.39 is 17.7 Å². The van der Waals surface area contributed by atoms with E-state index in [9.17, 15) is 14.7 Å². The molecule has 1 aliphatic heterocycles. The van der Waals surface area contributed by atoms with Gasteiger partial charge in [0, 0.05) is 19.2 Å². The molecule has 1 unspecified atom stereocenters. The Morgan fingerprint density at radius 2 is 1.69 bits per heavy atom. The maximum absolute atomic E-state index is 13.3. The van der Waals surface area contributed by atoms with Crippen molar-refractivity contribution in [1.29, 1.82) is 0 Å². The van der Waals surface area contributed by atoms with E-state index in [4.69, 9.17) is 14.2 Å². The highest BCUT2D eigenvalue weighted by atomic mass is 16.5. The zero-order valence-electron chi connectivity index (χ0n) is 21.7. The largest absolute Gasteiger partial charge is 0.507 e. The molecule has 1 saturated heterocycles. The Morgan fingerprint density at radius 3 is 2.36 bits per heavy atom. The average molecular weight is 497 g/mol. The standard InChI is InChI=1S/C28H36N2O6/c1-6-16-36-20-11-9-10-19(17-20)25-24(27(32)28(33)30(25)15-14-29(4)5)26(31)22-13-12-21(34-7-2)18-23(22)35-8-3/h9-13,17-18,25,31H,6-8,14-16H2,1-5H3/b26-24-. The van der Waals surface area contributed by atoms with Crippen molar-refractivity contribution in [3.8, 4) is 17.2 Å². The van der Waals surface area contributed by atoms with Gasteiger partial charge in [-0.05, 0) is 64.2 Å². The van der Waals surface area contributed by atoms with Crippen LogP contribution < -0.4 is 14.2 Å². The van der Waals surface area contributed by atoms with Gasteiger partial charge in [-0.25, -0.2) is 0 Å². The molecular formula is C28H36N2O6. The lowest BCUT2D eigenvalue weighted by molar-refractivity contribution is -0.140. The first-order valence-corrected chi connectivity index (χ1v) is 12.4. The van der Waals surface area contributed by atoms with E-state index in [0.29, 0.717) is 61.3 Å². The maximum Gasteiger partial charge on any atom is 0.295 e. The number of Topliss-reactive ketones (excluding diaryl/α,β-unsaturated/α-hetero) is 1. The lowest BCUT2D eigenvalue weighted by atomic mass is 9.94. The molecule has 1 N–H and O–H groups in total. The smallest absolute Gasteiger partial charge is 0.295 e. The summed E-state index contributed by atoms with van der Waals surface area (Å²) in [5.74, 6) is -0.0548. The Hall–Kier alpha value is -3.52. The number of hydrogen-bond acceptors (Lipinski definition) is 7. The molecule has 1 amide bonds. The van der Waals surface area contributed by atoms with E-state index in [1.54, 1.807) is 18.2 Å². The van der Waals surface area contributed by atoms with Crippen molar-refractivity contribution in [3.63, 3.8) is 0 Å². The molecule has 0 spiro atoms. The summed E-state index contributed by atoms with van der Waals surface area (Å²) in [6.07, 6.45) is 0.851. The number of hydrogen-bond donors (Lipinski definition) is 1. The van der Waals surface area contributed by atoms with Crippen LogP contribution in [0.3, 0.4) is 0 Å². The van der Waals surface area contributed by atoms with E-state index in [2.05, 4.69) is 0 Å². The van der Waals surface area contributed by atoms with Crippen LogP contribution >= 0.6 is 0 Å². The van der Waals surface area contributed by atoms with Crippen LogP contribution in [0, 0.1) is 0 Å². The van der Waals surface area contributed by atoms with Gasteiger partial charge in [0.05, 0.1) is 37.0 Å². The molecule has 2 aromatic rings. The normalized spacial score (nSPS) is 17.1. The molecule has 3 rings (SSSR count). The Bertz CT molecular complexity index is 1110. The Labute approximate surface area is 213 Å². The predicted molar refractivity (Wildman–Crippen MR) is 139 cm³/mol. The molecule has 2 aromatic carbocycles. The molecule has 8 nitrogen and oxygen atoms in total. The van der Waals surface area contributed by atoms with Crippen molar-refractivity contribution >= 4 is 17.4 Å². The third kappa shape index (κ3) is 5.99. The number of ketones is 1. The number of carbonyl (C=O) groups excluding carboxylic acids is 2. The molecular weight excluding hydrogens is 460 g/mol. The Balaban J connectivity index is 2.17. The number of aliphatic hydroxyl groups excluding tert-OH is 1. The van der Waals surface area contributed by atoms with Crippen LogP contribution in [-0.4, -0.2) is 73.6 Å². The van der Waals surface area contributed by atoms with Crippen molar-refractivity contribution in [2.24, 2.45) is 0 Å². The van der Waals surface area contributed by atoms with Crippen LogP contribution in [0.5, 0.6) is 17.2 Å². The highest BCUT2D eigenvalue weighted by Gasteiger charge is 2.46. The Morgan fingerprint density at radius 1 is 0.972 bits per heavy atom. The molecule has 0 radical (unpaired) electrons. The molecule has 194 valence electrons. The number of likely N-dealkylation sites (tertiary alicyclic amines) is 1. The van der Waals surface area contributed by atoms with Gasteiger partial charge < -0.3 is 29.1 Å². The lowest BCUT2D eigenvalue weighted by Crippen LogP contribution is -2.35. The fourth-order valence-corrected chi connectivity index (χ4v) is 4.13. The second-order valence-electron chi connectivity index (χ2n) is 8.74. The number of aliphatic hydroxyl groups is 1. The van der Waals surface area contributed by atoms with Gasteiger partial charge in [0.1, 0.15) is 23.0 Å². The summed E-state index contributed by atoms with van der Waals surface area (Å²) >= 11 is 0. The molecule has 36 heavy (non-hydrogen) atoms. The molecule has 0 aromatic heterocycles. The maximum atomic E-state index is 13.3. The summed E-state index contributed by atoms with van der Waals surface area (Å²) in [6, 6.07) is 11.6. The molecule has 0 aliphatic carbocycles. The van der Waals surface area contributed by atoms with Crippen molar-refractivity contribution in [2.45, 2.75) is 33.2 Å². The number of ether oxygens (including phenoxy) is 3. The van der Waals surface area contributed by atoms with Crippen LogP contribution in [0.2, 0.25) is 0 Å². The van der Waals surface area contributed by atoms with Gasteiger partial charge in [-0.2, -0.15) is 0 Å². The summed E-state index contributed by atoms with van der Waals surface area (Å²) in [5, 5.41) is 11.5. The van der Waals surface area contributed by atoms with Gasteiger partial charge in [-0.15, -0.1) is 0 Å². The van der Waals surface area contributed by atoms with Crippen molar-refractivity contribution in [3.05, 3.63) is 59.2 Å². The quantitative estimate of drug-likeness (QED) is 0.267. The number of amides is 1. The molecule has 0 bridgehead atoms. The number of carbonyl (C=O) groups is 2. The molecule has 1 aliphatic rings. The SMILES string of the molecule is CCCOc1cccc(C2/C(=C(/O)c3ccc(OCC)cc3OCC)C(=O)C(=O)N2CCN(C)C)c1. The summed E-state index contributed by atoms with van der Waals surface area (Å²) in [4.78, 5) is 30.0. The fourth-order valence-electron chi connectivity index (χ4n) is 4.13. The number of benzene rings is 2. The molecule has 0 saturated carbocycles. The zero-order valence-corrected chi connectivity index (χ0v) is 21.7. The van der Waals surface area contributed by atoms with Crippen LogP contribution in [0.1, 0.15) is 44.4 Å². The first kappa shape index (κ1) is 27.1. The molecule has 1 fully saturated rings. The van der Waals surface area contributed by atoms with Gasteiger partial charge in [-0.1, -0.05) is 19.1 Å². The van der Waals surface area contributed by atoms with Crippen molar-refractivity contribution < 1.29 is 28.9 Å². The van der Waals surface area contributed by atoms with Gasteiger partial charge in [0.25, 0.3) is 11.7 Å². The summed E-state index contributed by atoms with van der Waals surface area (Å²) in [7, 11) is 3.80. The van der Waals surface area contributed by atoms with Gasteiger partial charge in [-0.3, -0.25) is 9.59 Å². The van der Waals surface area contributed by atoms with Crippen molar-refractivity contribution in [2.75, 3.05) is 47.0 Å². The highest BCUT2D eigenvalue weighted by molar-refractivity contribution is 6.46. The van der Waals surface area contributed by atoms with Crippen LogP contribution in [-0.2, 0) is 9.59 Å². The predicted octanol–water partition coefficient (Wildman–Crippen LogP) is 4.26. The van der Waals surface area contributed by atoms with Gasteiger partial charge >= 0.3 is 0 Å². The van der Waals surface area contributed by atoms with Crippen molar-refractivity contribution in [1.82, 2.24) is 9.80 Å². The second-order valence-corrected chi connectivity index (χ2v) is 8.74. The summed E-state index contributed by atoms with van der Waals surface area (Å²) in [6.45, 7) is 7.99. The van der Waals surface area contributed by atoms with E-state index in [0.717, 1.165) is 6.42 Å². The third-order valence-corrected chi connectivity index (χ3v) is 5.79. The van der Waals surface area contributed by atoms with Crippen LogP contribution in [0.15, 0.2) is 48.0 Å². The fraction of sp³-hybridized carbons (Fsp3) is 0.429. The monoisotopic (exact) mass is 496 g/mol. The number of nitrogens with zero attached hydrogens (tertiary/aromatic N) is 2. The molecule has 1 heterocycles. The third-order valence-electron chi connectivity index (χ3n) is 5.79. The molecule has 8 heteroatoms. The first-order chi connectivity index (χ1) is 17.3. The highest BCUT2D eigenvalue weighted by Crippen LogP contribution is 2.42. The summed E-state index contributed by atoms with van der Waals surface area (Å²) in [5.41, 5.74) is 1.04. The van der Waals surface area contributed by atoms with E-state index in [1.165, 1.54) is 4.90 Å². The van der Waals surface area contributed by atoms with Crippen LogP contribution in [0.4, 0.5) is 0 Å². The van der Waals surface area contributed by atoms with Gasteiger partial charge in [0.15, 0.2) is 0 Å². The minimum Gasteiger partial charge on any atom is -0.507 e. The number of rotatable bonds is 12. The Kier molecular flexibility index (Phi) is 9.36. The minimum absolute atomic E-state index is 0.0245. The molecule has 1 atom stereocenters. The van der Waals surface area contributed by atoms with Crippen LogP contribution in [0.25, 0.3) is 5.76 Å². The van der Waals surface area contributed by atoms with E-state index in [-0.39, 0.29) is 11.3 Å². The number of likely N-dealkylation sites (N-methyl/N-ethyl adjacent to an activating group) is 1. The van der Waals surface area contributed by atoms with E-state index >= 15 is 0 Å².